The molecular formula is C23H25ClFN3. The van der Waals surface area contributed by atoms with E-state index >= 15 is 0 Å². The number of piperazine rings is 1. The van der Waals surface area contributed by atoms with Crippen LogP contribution in [0.4, 0.5) is 10.1 Å². The van der Waals surface area contributed by atoms with E-state index in [-0.39, 0.29) is 5.82 Å². The first-order valence-corrected chi connectivity index (χ1v) is 10.6. The molecule has 2 fully saturated rings. The Kier molecular flexibility index (Phi) is 4.77. The number of aromatic nitrogens is 1. The van der Waals surface area contributed by atoms with Crippen molar-refractivity contribution in [2.75, 3.05) is 31.1 Å². The molecule has 0 bridgehead atoms. The molecule has 2 unspecified atom stereocenters. The van der Waals surface area contributed by atoms with Crippen LogP contribution in [0.5, 0.6) is 0 Å². The summed E-state index contributed by atoms with van der Waals surface area (Å²) in [7, 11) is 0. The topological polar surface area (TPSA) is 22.3 Å². The van der Waals surface area contributed by atoms with Gasteiger partial charge in [0, 0.05) is 60.0 Å². The number of aromatic amines is 1. The van der Waals surface area contributed by atoms with Crippen LogP contribution in [0.1, 0.15) is 30.7 Å². The number of benzene rings is 2. The number of hydrogen-bond acceptors (Lipinski definition) is 2. The molecule has 1 aliphatic carbocycles. The second-order valence-electron chi connectivity index (χ2n) is 8.10. The lowest BCUT2D eigenvalue weighted by Gasteiger charge is -2.39. The molecule has 146 valence electrons. The molecule has 3 nitrogen and oxygen atoms in total. The van der Waals surface area contributed by atoms with E-state index < -0.39 is 0 Å². The summed E-state index contributed by atoms with van der Waals surface area (Å²) in [5.41, 5.74) is 3.59. The first-order chi connectivity index (χ1) is 13.7. The van der Waals surface area contributed by atoms with Crippen molar-refractivity contribution in [3.63, 3.8) is 0 Å². The highest BCUT2D eigenvalue weighted by Crippen LogP contribution is 2.40. The Bertz CT molecular complexity index is 960. The summed E-state index contributed by atoms with van der Waals surface area (Å²) in [6.45, 7) is 4.31. The van der Waals surface area contributed by atoms with Gasteiger partial charge in [-0.15, -0.1) is 0 Å². The standard InChI is InChI=1S/C23H25ClFN3/c24-17-2-6-19(7-3-17)27-9-11-28(12-10-27)20-5-1-16(13-20)22-15-26-23-8-4-18(25)14-21(22)23/h2-4,6-8,14-16,20,26H,1,5,9-13H2. The average Bonchev–Trinajstić information content (AvgIpc) is 3.35. The highest BCUT2D eigenvalue weighted by Gasteiger charge is 2.32. The van der Waals surface area contributed by atoms with Gasteiger partial charge in [0.15, 0.2) is 0 Å². The van der Waals surface area contributed by atoms with E-state index in [0.717, 1.165) is 42.1 Å². The van der Waals surface area contributed by atoms with Gasteiger partial charge in [0.25, 0.3) is 0 Å². The molecule has 1 N–H and O–H groups in total. The Morgan fingerprint density at radius 3 is 2.54 bits per heavy atom. The number of halogens is 2. The molecule has 28 heavy (non-hydrogen) atoms. The van der Waals surface area contributed by atoms with E-state index in [1.54, 1.807) is 6.07 Å². The summed E-state index contributed by atoms with van der Waals surface area (Å²) in [6.07, 6.45) is 5.68. The van der Waals surface area contributed by atoms with Crippen LogP contribution in [-0.4, -0.2) is 42.1 Å². The zero-order valence-corrected chi connectivity index (χ0v) is 16.6. The van der Waals surface area contributed by atoms with Gasteiger partial charge < -0.3 is 9.88 Å². The summed E-state index contributed by atoms with van der Waals surface area (Å²) >= 11 is 6.01. The third kappa shape index (κ3) is 3.40. The summed E-state index contributed by atoms with van der Waals surface area (Å²) in [6, 6.07) is 13.8. The number of hydrogen-bond donors (Lipinski definition) is 1. The van der Waals surface area contributed by atoms with Crippen LogP contribution in [0.15, 0.2) is 48.7 Å². The van der Waals surface area contributed by atoms with E-state index in [4.69, 9.17) is 11.6 Å². The zero-order chi connectivity index (χ0) is 19.1. The molecule has 0 spiro atoms. The second kappa shape index (κ2) is 7.41. The number of anilines is 1. The number of H-pyrrole nitrogens is 1. The number of rotatable bonds is 3. The Balaban J connectivity index is 1.23. The van der Waals surface area contributed by atoms with Gasteiger partial charge in [-0.3, -0.25) is 4.90 Å². The fourth-order valence-corrected chi connectivity index (χ4v) is 5.15. The van der Waals surface area contributed by atoms with E-state index in [2.05, 4.69) is 33.1 Å². The van der Waals surface area contributed by atoms with Crippen LogP contribution in [-0.2, 0) is 0 Å². The first kappa shape index (κ1) is 18.0. The van der Waals surface area contributed by atoms with Gasteiger partial charge in [0.05, 0.1) is 0 Å². The third-order valence-electron chi connectivity index (χ3n) is 6.54. The van der Waals surface area contributed by atoms with Crippen LogP contribution in [0.3, 0.4) is 0 Å². The second-order valence-corrected chi connectivity index (χ2v) is 8.53. The molecule has 5 rings (SSSR count). The zero-order valence-electron chi connectivity index (χ0n) is 15.9. The van der Waals surface area contributed by atoms with Crippen molar-refractivity contribution < 1.29 is 4.39 Å². The first-order valence-electron chi connectivity index (χ1n) is 10.2. The Morgan fingerprint density at radius 2 is 1.75 bits per heavy atom. The van der Waals surface area contributed by atoms with Gasteiger partial charge in [-0.25, -0.2) is 4.39 Å². The van der Waals surface area contributed by atoms with Gasteiger partial charge in [-0.05, 0) is 73.2 Å². The molecule has 5 heteroatoms. The predicted molar refractivity (Wildman–Crippen MR) is 114 cm³/mol. The van der Waals surface area contributed by atoms with Gasteiger partial charge in [0.1, 0.15) is 5.82 Å². The largest absolute Gasteiger partial charge is 0.369 e. The van der Waals surface area contributed by atoms with Crippen molar-refractivity contribution in [1.29, 1.82) is 0 Å². The summed E-state index contributed by atoms with van der Waals surface area (Å²) in [4.78, 5) is 8.42. The van der Waals surface area contributed by atoms with Crippen molar-refractivity contribution in [3.8, 4) is 0 Å². The molecule has 1 aliphatic heterocycles. The number of fused-ring (bicyclic) bond motifs is 1. The Labute approximate surface area is 170 Å². The van der Waals surface area contributed by atoms with Crippen molar-refractivity contribution in [3.05, 3.63) is 65.1 Å². The van der Waals surface area contributed by atoms with Crippen molar-refractivity contribution in [2.24, 2.45) is 0 Å². The quantitative estimate of drug-likeness (QED) is 0.637. The van der Waals surface area contributed by atoms with Crippen LogP contribution >= 0.6 is 11.6 Å². The average molecular weight is 398 g/mol. The smallest absolute Gasteiger partial charge is 0.123 e. The molecule has 3 aromatic rings. The van der Waals surface area contributed by atoms with Gasteiger partial charge >= 0.3 is 0 Å². The van der Waals surface area contributed by atoms with Crippen molar-refractivity contribution in [2.45, 2.75) is 31.2 Å². The molecule has 0 radical (unpaired) electrons. The number of nitrogens with zero attached hydrogens (tertiary/aromatic N) is 2. The SMILES string of the molecule is Fc1ccc2[nH]cc(C3CCC(N4CCN(c5ccc(Cl)cc5)CC4)C3)c2c1. The van der Waals surface area contributed by atoms with Crippen LogP contribution in [0.25, 0.3) is 10.9 Å². The van der Waals surface area contributed by atoms with Crippen LogP contribution in [0, 0.1) is 5.82 Å². The minimum absolute atomic E-state index is 0.152. The Morgan fingerprint density at radius 1 is 0.964 bits per heavy atom. The van der Waals surface area contributed by atoms with Crippen molar-refractivity contribution in [1.82, 2.24) is 9.88 Å². The maximum Gasteiger partial charge on any atom is 0.123 e. The third-order valence-corrected chi connectivity index (χ3v) is 6.79. The molecule has 2 heterocycles. The molecular weight excluding hydrogens is 373 g/mol. The predicted octanol–water partition coefficient (Wildman–Crippen LogP) is 5.42. The highest BCUT2D eigenvalue weighted by molar-refractivity contribution is 6.30. The van der Waals surface area contributed by atoms with Gasteiger partial charge in [-0.1, -0.05) is 11.6 Å². The lowest BCUT2D eigenvalue weighted by molar-refractivity contribution is 0.186. The van der Waals surface area contributed by atoms with Crippen LogP contribution in [0.2, 0.25) is 5.02 Å². The van der Waals surface area contributed by atoms with E-state index in [1.807, 2.05) is 18.2 Å². The fraction of sp³-hybridized carbons (Fsp3) is 0.391. The van der Waals surface area contributed by atoms with Gasteiger partial charge in [-0.2, -0.15) is 0 Å². The number of nitrogens with one attached hydrogen (secondary N) is 1. The minimum atomic E-state index is -0.152. The molecule has 1 saturated carbocycles. The normalized spacial score (nSPS) is 23.6. The van der Waals surface area contributed by atoms with E-state index in [0.29, 0.717) is 12.0 Å². The van der Waals surface area contributed by atoms with Crippen molar-refractivity contribution >= 4 is 28.2 Å². The Hall–Kier alpha value is -2.04. The maximum absolute atomic E-state index is 13.7. The fourth-order valence-electron chi connectivity index (χ4n) is 5.02. The lowest BCUT2D eigenvalue weighted by atomic mass is 9.96. The summed E-state index contributed by atoms with van der Waals surface area (Å²) in [5.74, 6) is 0.371. The van der Waals surface area contributed by atoms with Crippen LogP contribution < -0.4 is 4.90 Å². The molecule has 2 aromatic carbocycles. The molecule has 2 aliphatic rings. The monoisotopic (exact) mass is 397 g/mol. The van der Waals surface area contributed by atoms with Gasteiger partial charge in [0.2, 0.25) is 0 Å². The van der Waals surface area contributed by atoms with E-state index in [9.17, 15) is 4.39 Å². The lowest BCUT2D eigenvalue weighted by Crippen LogP contribution is -2.49. The van der Waals surface area contributed by atoms with E-state index in [1.165, 1.54) is 36.6 Å². The summed E-state index contributed by atoms with van der Waals surface area (Å²) < 4.78 is 13.7. The summed E-state index contributed by atoms with van der Waals surface area (Å²) in [5, 5.41) is 1.84. The molecule has 1 aromatic heterocycles. The highest BCUT2D eigenvalue weighted by atomic mass is 35.5. The molecule has 0 amide bonds. The minimum Gasteiger partial charge on any atom is -0.369 e. The maximum atomic E-state index is 13.7. The molecule has 1 saturated heterocycles. The molecule has 2 atom stereocenters.